The molecule has 0 bridgehead atoms. The summed E-state index contributed by atoms with van der Waals surface area (Å²) in [5, 5.41) is 0. The molecular weight excluding hydrogens is 360 g/mol. The number of ether oxygens (including phenoxy) is 3. The molecule has 1 aromatic rings. The Labute approximate surface area is 167 Å². The average Bonchev–Trinajstić information content (AvgIpc) is 2.70. The lowest BCUT2D eigenvalue weighted by Crippen LogP contribution is -2.50. The molecule has 1 aliphatic rings. The second-order valence-electron chi connectivity index (χ2n) is 7.19. The number of carbonyl (C=O) groups excluding carboxylic acids is 2. The van der Waals surface area contributed by atoms with Crippen molar-refractivity contribution >= 4 is 12.0 Å². The van der Waals surface area contributed by atoms with E-state index in [2.05, 4.69) is 0 Å². The maximum absolute atomic E-state index is 12.9. The SMILES string of the molecule is CCCOc1ccc(C(=O)N2CCN(C(=O)OCC(C)C)CC2)cc1OCC. The highest BCUT2D eigenvalue weighted by molar-refractivity contribution is 5.95. The maximum Gasteiger partial charge on any atom is 0.409 e. The first-order valence-corrected chi connectivity index (χ1v) is 10.1. The molecule has 1 fully saturated rings. The van der Waals surface area contributed by atoms with Crippen LogP contribution in [0.4, 0.5) is 4.79 Å². The van der Waals surface area contributed by atoms with E-state index < -0.39 is 0 Å². The van der Waals surface area contributed by atoms with Gasteiger partial charge in [-0.2, -0.15) is 0 Å². The van der Waals surface area contributed by atoms with Crippen LogP contribution in [-0.2, 0) is 4.74 Å². The molecule has 0 unspecified atom stereocenters. The largest absolute Gasteiger partial charge is 0.490 e. The number of rotatable bonds is 8. The fourth-order valence-corrected chi connectivity index (χ4v) is 2.84. The van der Waals surface area contributed by atoms with E-state index in [1.807, 2.05) is 27.7 Å². The predicted molar refractivity (Wildman–Crippen MR) is 107 cm³/mol. The normalized spacial score (nSPS) is 14.2. The third-order valence-electron chi connectivity index (χ3n) is 4.32. The lowest BCUT2D eigenvalue weighted by atomic mass is 10.1. The lowest BCUT2D eigenvalue weighted by molar-refractivity contribution is 0.0535. The number of hydrogen-bond donors (Lipinski definition) is 0. The molecule has 1 heterocycles. The van der Waals surface area contributed by atoms with E-state index in [4.69, 9.17) is 14.2 Å². The summed E-state index contributed by atoms with van der Waals surface area (Å²) in [6.45, 7) is 11.3. The molecule has 0 aliphatic carbocycles. The zero-order valence-corrected chi connectivity index (χ0v) is 17.4. The van der Waals surface area contributed by atoms with Gasteiger partial charge in [0.2, 0.25) is 0 Å². The number of amides is 2. The summed E-state index contributed by atoms with van der Waals surface area (Å²) in [6, 6.07) is 5.28. The van der Waals surface area contributed by atoms with Crippen LogP contribution >= 0.6 is 0 Å². The van der Waals surface area contributed by atoms with Gasteiger partial charge < -0.3 is 24.0 Å². The molecule has 7 heteroatoms. The quantitative estimate of drug-likeness (QED) is 0.678. The number of piperazine rings is 1. The molecular formula is C21H32N2O5. The summed E-state index contributed by atoms with van der Waals surface area (Å²) < 4.78 is 16.6. The van der Waals surface area contributed by atoms with Crippen LogP contribution in [0, 0.1) is 5.92 Å². The molecule has 0 radical (unpaired) electrons. The Morgan fingerprint density at radius 1 is 1.00 bits per heavy atom. The topological polar surface area (TPSA) is 68.3 Å². The highest BCUT2D eigenvalue weighted by Crippen LogP contribution is 2.29. The summed E-state index contributed by atoms with van der Waals surface area (Å²) in [5.74, 6) is 1.46. The van der Waals surface area contributed by atoms with Gasteiger partial charge in [0.1, 0.15) is 0 Å². The molecule has 2 rings (SSSR count). The van der Waals surface area contributed by atoms with E-state index in [9.17, 15) is 9.59 Å². The first-order valence-electron chi connectivity index (χ1n) is 10.1. The molecule has 1 saturated heterocycles. The number of benzene rings is 1. The first kappa shape index (κ1) is 21.9. The standard InChI is InChI=1S/C21H32N2O5/c1-5-13-27-18-8-7-17(14-19(18)26-6-2)20(24)22-9-11-23(12-10-22)21(25)28-15-16(3)4/h7-8,14,16H,5-6,9-13,15H2,1-4H3. The van der Waals surface area contributed by atoms with Crippen molar-refractivity contribution in [2.45, 2.75) is 34.1 Å². The molecule has 1 aliphatic heterocycles. The van der Waals surface area contributed by atoms with Crippen molar-refractivity contribution in [3.63, 3.8) is 0 Å². The molecule has 0 aromatic heterocycles. The highest BCUT2D eigenvalue weighted by Gasteiger charge is 2.26. The van der Waals surface area contributed by atoms with Crippen molar-refractivity contribution < 1.29 is 23.8 Å². The fourth-order valence-electron chi connectivity index (χ4n) is 2.84. The van der Waals surface area contributed by atoms with Gasteiger partial charge in [0.15, 0.2) is 11.5 Å². The highest BCUT2D eigenvalue weighted by atomic mass is 16.6. The van der Waals surface area contributed by atoms with Crippen molar-refractivity contribution in [2.75, 3.05) is 46.0 Å². The Hall–Kier alpha value is -2.44. The Morgan fingerprint density at radius 2 is 1.68 bits per heavy atom. The Balaban J connectivity index is 1.97. The molecule has 0 saturated carbocycles. The van der Waals surface area contributed by atoms with Gasteiger partial charge >= 0.3 is 6.09 Å². The minimum atomic E-state index is -0.308. The molecule has 2 amide bonds. The van der Waals surface area contributed by atoms with Gasteiger partial charge in [-0.25, -0.2) is 4.79 Å². The van der Waals surface area contributed by atoms with Crippen LogP contribution in [0.1, 0.15) is 44.5 Å². The van der Waals surface area contributed by atoms with E-state index in [1.165, 1.54) is 0 Å². The van der Waals surface area contributed by atoms with E-state index in [1.54, 1.807) is 28.0 Å². The van der Waals surface area contributed by atoms with Crippen LogP contribution in [0.25, 0.3) is 0 Å². The smallest absolute Gasteiger partial charge is 0.409 e. The van der Waals surface area contributed by atoms with Crippen molar-refractivity contribution in [2.24, 2.45) is 5.92 Å². The second-order valence-corrected chi connectivity index (χ2v) is 7.19. The monoisotopic (exact) mass is 392 g/mol. The Bertz CT molecular complexity index is 654. The van der Waals surface area contributed by atoms with Crippen molar-refractivity contribution in [1.82, 2.24) is 9.80 Å². The summed E-state index contributed by atoms with van der Waals surface area (Å²) in [4.78, 5) is 28.3. The van der Waals surface area contributed by atoms with Crippen LogP contribution in [0.5, 0.6) is 11.5 Å². The molecule has 1 aromatic carbocycles. The average molecular weight is 392 g/mol. The van der Waals surface area contributed by atoms with E-state index in [0.29, 0.717) is 69.0 Å². The van der Waals surface area contributed by atoms with Crippen LogP contribution in [-0.4, -0.2) is 67.8 Å². The van der Waals surface area contributed by atoms with E-state index in [0.717, 1.165) is 6.42 Å². The molecule has 28 heavy (non-hydrogen) atoms. The van der Waals surface area contributed by atoms with Gasteiger partial charge in [0, 0.05) is 31.7 Å². The van der Waals surface area contributed by atoms with E-state index >= 15 is 0 Å². The molecule has 7 nitrogen and oxygen atoms in total. The Morgan fingerprint density at radius 3 is 2.29 bits per heavy atom. The van der Waals surface area contributed by atoms with Gasteiger partial charge in [-0.05, 0) is 37.5 Å². The van der Waals surface area contributed by atoms with Crippen LogP contribution in [0.2, 0.25) is 0 Å². The minimum absolute atomic E-state index is 0.0711. The number of hydrogen-bond acceptors (Lipinski definition) is 5. The first-order chi connectivity index (χ1) is 13.5. The van der Waals surface area contributed by atoms with Crippen LogP contribution < -0.4 is 9.47 Å². The molecule has 0 atom stereocenters. The zero-order valence-electron chi connectivity index (χ0n) is 17.4. The summed E-state index contributed by atoms with van der Waals surface area (Å²) in [5.41, 5.74) is 0.558. The van der Waals surface area contributed by atoms with E-state index in [-0.39, 0.29) is 12.0 Å². The van der Waals surface area contributed by atoms with Gasteiger partial charge in [-0.3, -0.25) is 4.79 Å². The predicted octanol–water partition coefficient (Wildman–Crippen LogP) is 3.42. The maximum atomic E-state index is 12.9. The number of nitrogens with zero attached hydrogens (tertiary/aromatic N) is 2. The van der Waals surface area contributed by atoms with Gasteiger partial charge in [-0.1, -0.05) is 20.8 Å². The van der Waals surface area contributed by atoms with Crippen molar-refractivity contribution in [1.29, 1.82) is 0 Å². The minimum Gasteiger partial charge on any atom is -0.490 e. The summed E-state index contributed by atoms with van der Waals surface area (Å²) in [7, 11) is 0. The van der Waals surface area contributed by atoms with Gasteiger partial charge in [0.05, 0.1) is 19.8 Å². The lowest BCUT2D eigenvalue weighted by Gasteiger charge is -2.34. The van der Waals surface area contributed by atoms with Crippen molar-refractivity contribution in [3.8, 4) is 11.5 Å². The summed E-state index contributed by atoms with van der Waals surface area (Å²) >= 11 is 0. The van der Waals surface area contributed by atoms with Gasteiger partial charge in [-0.15, -0.1) is 0 Å². The molecule has 0 N–H and O–H groups in total. The second kappa shape index (κ2) is 10.8. The summed E-state index contributed by atoms with van der Waals surface area (Å²) in [6.07, 6.45) is 0.590. The van der Waals surface area contributed by atoms with Crippen molar-refractivity contribution in [3.05, 3.63) is 23.8 Å². The fraction of sp³-hybridized carbons (Fsp3) is 0.619. The molecule has 156 valence electrons. The van der Waals surface area contributed by atoms with Crippen LogP contribution in [0.3, 0.4) is 0 Å². The zero-order chi connectivity index (χ0) is 20.5. The Kier molecular flexibility index (Phi) is 8.42. The van der Waals surface area contributed by atoms with Gasteiger partial charge in [0.25, 0.3) is 5.91 Å². The third kappa shape index (κ3) is 6.04. The van der Waals surface area contributed by atoms with Crippen LogP contribution in [0.15, 0.2) is 18.2 Å². The number of carbonyl (C=O) groups is 2. The molecule has 0 spiro atoms. The third-order valence-corrected chi connectivity index (χ3v) is 4.32.